The molecule has 1 aromatic rings. The van der Waals surface area contributed by atoms with Crippen molar-refractivity contribution < 1.29 is 4.74 Å². The molecule has 2 N–H and O–H groups in total. The lowest BCUT2D eigenvalue weighted by molar-refractivity contribution is 0.165. The number of hydrogen-bond donors (Lipinski definition) is 2. The van der Waals surface area contributed by atoms with Gasteiger partial charge in [0.15, 0.2) is 0 Å². The molecule has 1 aromatic heterocycles. The molecular weight excluding hydrogens is 322 g/mol. The first-order chi connectivity index (χ1) is 8.79. The molecular formula is C13H22BrN3OSi. The number of nitrogens with one attached hydrogen (secondary N) is 2. The van der Waals surface area contributed by atoms with E-state index in [1.165, 1.54) is 0 Å². The zero-order chi connectivity index (χ0) is 14.5. The zero-order valence-corrected chi connectivity index (χ0v) is 14.6. The first-order valence-corrected chi connectivity index (χ1v) is 10.8. The van der Waals surface area contributed by atoms with Crippen molar-refractivity contribution in [2.75, 3.05) is 18.7 Å². The fourth-order valence-corrected chi connectivity index (χ4v) is 2.52. The Bertz CT molecular complexity index is 446. The largest absolute Gasteiger partial charge is 0.362 e. The summed E-state index contributed by atoms with van der Waals surface area (Å²) in [5, 5.41) is 10.9. The Hall–Kier alpha value is -0.723. The minimum atomic E-state index is -1.03. The molecule has 0 saturated carbocycles. The predicted octanol–water partition coefficient (Wildman–Crippen LogP) is 3.96. The first kappa shape index (κ1) is 16.3. The number of halogens is 1. The van der Waals surface area contributed by atoms with Crippen LogP contribution in [-0.2, 0) is 4.74 Å². The minimum absolute atomic E-state index is 0.430. The third-order valence-corrected chi connectivity index (χ3v) is 4.73. The Balaban J connectivity index is 2.47. The van der Waals surface area contributed by atoms with Crippen LogP contribution in [0.4, 0.5) is 5.82 Å². The lowest BCUT2D eigenvalue weighted by Gasteiger charge is -2.16. The highest BCUT2D eigenvalue weighted by molar-refractivity contribution is 9.10. The van der Waals surface area contributed by atoms with Crippen molar-refractivity contribution in [1.82, 2.24) is 4.98 Å². The van der Waals surface area contributed by atoms with Crippen LogP contribution >= 0.6 is 15.9 Å². The van der Waals surface area contributed by atoms with Gasteiger partial charge in [-0.25, -0.2) is 4.98 Å². The maximum atomic E-state index is 7.74. The van der Waals surface area contributed by atoms with Crippen LogP contribution in [0.2, 0.25) is 25.7 Å². The van der Waals surface area contributed by atoms with Crippen LogP contribution in [0.1, 0.15) is 12.5 Å². The fraction of sp³-hybridized carbons (Fsp3) is 0.538. The van der Waals surface area contributed by atoms with E-state index in [0.29, 0.717) is 18.3 Å². The molecule has 0 atom stereocenters. The maximum absolute atomic E-state index is 7.74. The second kappa shape index (κ2) is 7.16. The summed E-state index contributed by atoms with van der Waals surface area (Å²) < 4.78 is 6.45. The Labute approximate surface area is 124 Å². The van der Waals surface area contributed by atoms with Gasteiger partial charge in [0.1, 0.15) is 12.5 Å². The summed E-state index contributed by atoms with van der Waals surface area (Å²) in [6, 6.07) is 3.04. The smallest absolute Gasteiger partial charge is 0.136 e. The SMILES string of the molecule is CC(=N)c1cc(Br)cnc1NCOCC[Si](C)(C)C. The van der Waals surface area contributed by atoms with Gasteiger partial charge in [-0.15, -0.1) is 0 Å². The van der Waals surface area contributed by atoms with E-state index in [2.05, 4.69) is 45.9 Å². The van der Waals surface area contributed by atoms with E-state index in [4.69, 9.17) is 10.1 Å². The Morgan fingerprint density at radius 2 is 2.16 bits per heavy atom. The molecule has 0 fully saturated rings. The van der Waals surface area contributed by atoms with E-state index >= 15 is 0 Å². The van der Waals surface area contributed by atoms with Crippen LogP contribution < -0.4 is 5.32 Å². The topological polar surface area (TPSA) is 58.0 Å². The highest BCUT2D eigenvalue weighted by Crippen LogP contribution is 2.18. The van der Waals surface area contributed by atoms with Crippen LogP contribution in [0.3, 0.4) is 0 Å². The second-order valence-electron chi connectivity index (χ2n) is 5.71. The summed E-state index contributed by atoms with van der Waals surface area (Å²) in [6.45, 7) is 9.95. The Morgan fingerprint density at radius 1 is 1.47 bits per heavy atom. The van der Waals surface area contributed by atoms with Crippen molar-refractivity contribution in [2.24, 2.45) is 0 Å². The summed E-state index contributed by atoms with van der Waals surface area (Å²) in [5.74, 6) is 0.698. The molecule has 0 aromatic carbocycles. The van der Waals surface area contributed by atoms with Crippen molar-refractivity contribution in [3.63, 3.8) is 0 Å². The number of anilines is 1. The van der Waals surface area contributed by atoms with Crippen LogP contribution in [0.25, 0.3) is 0 Å². The molecule has 0 bridgehead atoms. The van der Waals surface area contributed by atoms with Gasteiger partial charge in [0.05, 0.1) is 0 Å². The Kier molecular flexibility index (Phi) is 6.16. The fourth-order valence-electron chi connectivity index (χ4n) is 1.44. The molecule has 0 spiro atoms. The van der Waals surface area contributed by atoms with Gasteiger partial charge >= 0.3 is 0 Å². The van der Waals surface area contributed by atoms with Crippen molar-refractivity contribution >= 4 is 35.5 Å². The van der Waals surface area contributed by atoms with Gasteiger partial charge in [-0.3, -0.25) is 0 Å². The molecule has 106 valence electrons. The van der Waals surface area contributed by atoms with Crippen LogP contribution in [-0.4, -0.2) is 32.1 Å². The molecule has 0 aliphatic rings. The van der Waals surface area contributed by atoms with Gasteiger partial charge in [0.25, 0.3) is 0 Å². The number of aromatic nitrogens is 1. The highest BCUT2D eigenvalue weighted by atomic mass is 79.9. The molecule has 4 nitrogen and oxygen atoms in total. The molecule has 19 heavy (non-hydrogen) atoms. The molecule has 0 radical (unpaired) electrons. The van der Waals surface area contributed by atoms with Gasteiger partial charge < -0.3 is 15.5 Å². The standard InChI is InChI=1S/C13H22BrN3OSi/c1-10(15)12-7-11(14)8-16-13(12)17-9-18-5-6-19(2,3)4/h7-8,15H,5-6,9H2,1-4H3,(H,16,17). The molecule has 0 amide bonds. The van der Waals surface area contributed by atoms with E-state index < -0.39 is 8.07 Å². The Morgan fingerprint density at radius 3 is 2.74 bits per heavy atom. The van der Waals surface area contributed by atoms with Crippen LogP contribution in [0, 0.1) is 5.41 Å². The van der Waals surface area contributed by atoms with Gasteiger partial charge in [-0.05, 0) is 35.0 Å². The first-order valence-electron chi connectivity index (χ1n) is 6.32. The van der Waals surface area contributed by atoms with Crippen LogP contribution in [0.15, 0.2) is 16.7 Å². The van der Waals surface area contributed by atoms with Crippen LogP contribution in [0.5, 0.6) is 0 Å². The molecule has 1 rings (SSSR count). The van der Waals surface area contributed by atoms with Gasteiger partial charge in [-0.2, -0.15) is 0 Å². The van der Waals surface area contributed by atoms with Crippen molar-refractivity contribution in [1.29, 1.82) is 5.41 Å². The molecule has 1 heterocycles. The third-order valence-electron chi connectivity index (χ3n) is 2.60. The summed E-state index contributed by atoms with van der Waals surface area (Å²) >= 11 is 3.37. The van der Waals surface area contributed by atoms with Gasteiger partial charge in [0.2, 0.25) is 0 Å². The zero-order valence-electron chi connectivity index (χ0n) is 12.0. The quantitative estimate of drug-likeness (QED) is 0.341. The number of hydrogen-bond acceptors (Lipinski definition) is 4. The van der Waals surface area contributed by atoms with E-state index in [-0.39, 0.29) is 0 Å². The van der Waals surface area contributed by atoms with Gasteiger partial charge in [-0.1, -0.05) is 19.6 Å². The molecule has 6 heteroatoms. The lowest BCUT2D eigenvalue weighted by atomic mass is 10.2. The average Bonchev–Trinajstić information content (AvgIpc) is 2.28. The monoisotopic (exact) mass is 343 g/mol. The predicted molar refractivity (Wildman–Crippen MR) is 87.0 cm³/mol. The number of ether oxygens (including phenoxy) is 1. The van der Waals surface area contributed by atoms with Crippen molar-refractivity contribution in [2.45, 2.75) is 32.6 Å². The maximum Gasteiger partial charge on any atom is 0.136 e. The average molecular weight is 344 g/mol. The van der Waals surface area contributed by atoms with Gasteiger partial charge in [0, 0.05) is 36.6 Å². The molecule has 0 saturated heterocycles. The summed E-state index contributed by atoms with van der Waals surface area (Å²) in [5.41, 5.74) is 1.28. The molecule has 0 aliphatic heterocycles. The van der Waals surface area contributed by atoms with Crippen molar-refractivity contribution in [3.05, 3.63) is 22.3 Å². The number of nitrogens with zero attached hydrogens (tertiary/aromatic N) is 1. The molecule has 0 aliphatic carbocycles. The normalized spacial score (nSPS) is 11.4. The summed E-state index contributed by atoms with van der Waals surface area (Å²) in [7, 11) is -1.03. The van der Waals surface area contributed by atoms with E-state index in [1.54, 1.807) is 13.1 Å². The summed E-state index contributed by atoms with van der Waals surface area (Å²) in [4.78, 5) is 4.28. The molecule has 0 unspecified atom stereocenters. The summed E-state index contributed by atoms with van der Waals surface area (Å²) in [6.07, 6.45) is 1.72. The number of pyridine rings is 1. The number of rotatable bonds is 7. The lowest BCUT2D eigenvalue weighted by Crippen LogP contribution is -2.22. The van der Waals surface area contributed by atoms with E-state index in [1.807, 2.05) is 6.07 Å². The minimum Gasteiger partial charge on any atom is -0.362 e. The van der Waals surface area contributed by atoms with Crippen molar-refractivity contribution in [3.8, 4) is 0 Å². The second-order valence-corrected chi connectivity index (χ2v) is 12.3. The highest BCUT2D eigenvalue weighted by Gasteiger charge is 2.12. The van der Waals surface area contributed by atoms with E-state index in [0.717, 1.165) is 22.7 Å². The third kappa shape index (κ3) is 6.31. The van der Waals surface area contributed by atoms with E-state index in [9.17, 15) is 0 Å².